The second kappa shape index (κ2) is 8.99. The highest BCUT2D eigenvalue weighted by Gasteiger charge is 2.12. The predicted octanol–water partition coefficient (Wildman–Crippen LogP) is 3.52. The molecule has 5 nitrogen and oxygen atoms in total. The molecule has 0 aliphatic rings. The van der Waals surface area contributed by atoms with E-state index in [0.29, 0.717) is 4.80 Å². The van der Waals surface area contributed by atoms with Gasteiger partial charge in [-0.15, -0.1) is 18.2 Å². The summed E-state index contributed by atoms with van der Waals surface area (Å²) in [5, 5.41) is 0. The maximum absolute atomic E-state index is 12.5. The fourth-order valence-electron chi connectivity index (χ4n) is 2.80. The Kier molecular flexibility index (Phi) is 6.63. The van der Waals surface area contributed by atoms with Gasteiger partial charge in [-0.1, -0.05) is 36.3 Å². The van der Waals surface area contributed by atoms with Crippen molar-refractivity contribution in [3.63, 3.8) is 0 Å². The lowest BCUT2D eigenvalue weighted by molar-refractivity contribution is -0.117. The molecule has 0 N–H and O–H groups in total. The Bertz CT molecular complexity index is 1260. The Morgan fingerprint density at radius 2 is 1.97 bits per heavy atom. The molecule has 0 atom stereocenters. The lowest BCUT2D eigenvalue weighted by Crippen LogP contribution is -2.17. The van der Waals surface area contributed by atoms with E-state index in [0.717, 1.165) is 27.8 Å². The van der Waals surface area contributed by atoms with Crippen molar-refractivity contribution in [2.75, 3.05) is 12.0 Å². The third kappa shape index (κ3) is 5.18. The van der Waals surface area contributed by atoms with Gasteiger partial charge < -0.3 is 4.57 Å². The van der Waals surface area contributed by atoms with Gasteiger partial charge in [0.05, 0.1) is 28.1 Å². The summed E-state index contributed by atoms with van der Waals surface area (Å²) >= 11 is 3.00. The smallest absolute Gasteiger partial charge is 0.252 e. The van der Waals surface area contributed by atoms with Gasteiger partial charge >= 0.3 is 0 Å². The minimum atomic E-state index is -3.32. The lowest BCUT2D eigenvalue weighted by Gasteiger charge is -2.02. The number of fused-ring (bicyclic) bond motifs is 1. The molecule has 0 bridgehead atoms. The number of sulfone groups is 1. The van der Waals surface area contributed by atoms with Crippen LogP contribution in [-0.4, -0.2) is 30.9 Å². The molecule has 8 heteroatoms. The van der Waals surface area contributed by atoms with Crippen LogP contribution in [0.15, 0.2) is 57.2 Å². The van der Waals surface area contributed by atoms with E-state index in [1.165, 1.54) is 16.2 Å². The first-order chi connectivity index (χ1) is 13.8. The molecular weight excluding hydrogens is 424 g/mol. The van der Waals surface area contributed by atoms with Gasteiger partial charge in [-0.25, -0.2) is 8.42 Å². The normalized spacial score (nSPS) is 12.2. The summed E-state index contributed by atoms with van der Waals surface area (Å²) < 4.78 is 26.1. The number of aromatic nitrogens is 1. The highest BCUT2D eigenvalue weighted by atomic mass is 32.2. The van der Waals surface area contributed by atoms with E-state index >= 15 is 0 Å². The van der Waals surface area contributed by atoms with Crippen molar-refractivity contribution in [1.82, 2.24) is 4.57 Å². The van der Waals surface area contributed by atoms with Gasteiger partial charge in [-0.3, -0.25) is 4.79 Å². The predicted molar refractivity (Wildman–Crippen MR) is 119 cm³/mol. The van der Waals surface area contributed by atoms with Crippen molar-refractivity contribution in [3.05, 3.63) is 52.8 Å². The number of carbonyl (C=O) groups excluding carboxylic acids is 1. The van der Waals surface area contributed by atoms with Crippen LogP contribution < -0.4 is 4.80 Å². The summed E-state index contributed by atoms with van der Waals surface area (Å²) in [5.41, 5.74) is 1.65. The number of hydrogen-bond donors (Lipinski definition) is 0. The molecule has 150 valence electrons. The molecule has 29 heavy (non-hydrogen) atoms. The molecule has 0 aliphatic carbocycles. The molecule has 1 aromatic heterocycles. The minimum Gasteiger partial charge on any atom is -0.305 e. The molecule has 3 aromatic rings. The monoisotopic (exact) mass is 444 g/mol. The molecule has 0 aliphatic heterocycles. The van der Waals surface area contributed by atoms with Crippen molar-refractivity contribution in [1.29, 1.82) is 0 Å². The lowest BCUT2D eigenvalue weighted by atomic mass is 10.1. The zero-order valence-corrected chi connectivity index (χ0v) is 18.5. The second-order valence-corrected chi connectivity index (χ2v) is 10.7. The number of hydrogen-bond acceptors (Lipinski definition) is 5. The van der Waals surface area contributed by atoms with Crippen LogP contribution >= 0.6 is 23.1 Å². The summed E-state index contributed by atoms with van der Waals surface area (Å²) in [4.78, 5) is 18.6. The Morgan fingerprint density at radius 3 is 2.59 bits per heavy atom. The highest BCUT2D eigenvalue weighted by molar-refractivity contribution is 7.99. The van der Waals surface area contributed by atoms with Crippen LogP contribution in [0.2, 0.25) is 0 Å². The Balaban J connectivity index is 1.96. The third-order valence-electron chi connectivity index (χ3n) is 4.14. The molecule has 0 spiro atoms. The summed E-state index contributed by atoms with van der Waals surface area (Å²) in [6.07, 6.45) is 6.83. The topological polar surface area (TPSA) is 68.5 Å². The number of nitrogens with zero attached hydrogens (tertiary/aromatic N) is 2. The van der Waals surface area contributed by atoms with Crippen LogP contribution in [-0.2, 0) is 27.6 Å². The minimum absolute atomic E-state index is 0.190. The fourth-order valence-corrected chi connectivity index (χ4v) is 5.27. The second-order valence-electron chi connectivity index (χ2n) is 6.34. The van der Waals surface area contributed by atoms with E-state index in [4.69, 9.17) is 6.42 Å². The molecule has 0 fully saturated rings. The van der Waals surface area contributed by atoms with Gasteiger partial charge in [-0.2, -0.15) is 4.99 Å². The average molecular weight is 445 g/mol. The van der Waals surface area contributed by atoms with Crippen LogP contribution in [0.1, 0.15) is 12.5 Å². The summed E-state index contributed by atoms with van der Waals surface area (Å²) in [5.74, 6) is 3.29. The van der Waals surface area contributed by atoms with E-state index in [1.807, 2.05) is 24.3 Å². The fraction of sp³-hybridized carbons (Fsp3) is 0.238. The van der Waals surface area contributed by atoms with Gasteiger partial charge in [0.1, 0.15) is 0 Å². The van der Waals surface area contributed by atoms with Crippen LogP contribution in [0, 0.1) is 12.3 Å². The van der Waals surface area contributed by atoms with Crippen LogP contribution in [0.5, 0.6) is 0 Å². The van der Waals surface area contributed by atoms with Gasteiger partial charge in [0.2, 0.25) is 0 Å². The first-order valence-electron chi connectivity index (χ1n) is 8.88. The van der Waals surface area contributed by atoms with E-state index < -0.39 is 9.84 Å². The van der Waals surface area contributed by atoms with Crippen molar-refractivity contribution in [2.45, 2.75) is 29.7 Å². The molecular formula is C21H20N2O3S3. The highest BCUT2D eigenvalue weighted by Crippen LogP contribution is 2.22. The van der Waals surface area contributed by atoms with Crippen molar-refractivity contribution in [2.24, 2.45) is 4.99 Å². The number of thioether (sulfide) groups is 1. The van der Waals surface area contributed by atoms with Crippen molar-refractivity contribution >= 4 is 49.1 Å². The van der Waals surface area contributed by atoms with E-state index in [1.54, 1.807) is 34.5 Å². The van der Waals surface area contributed by atoms with Crippen LogP contribution in [0.3, 0.4) is 0 Å². The van der Waals surface area contributed by atoms with Crippen molar-refractivity contribution < 1.29 is 13.2 Å². The van der Waals surface area contributed by atoms with E-state index in [2.05, 4.69) is 17.8 Å². The molecule has 1 amide bonds. The quantitative estimate of drug-likeness (QED) is 0.431. The van der Waals surface area contributed by atoms with Gasteiger partial charge in [0.15, 0.2) is 14.6 Å². The number of terminal acetylenes is 1. The van der Waals surface area contributed by atoms with E-state index in [9.17, 15) is 13.2 Å². The SMILES string of the molecule is C#CCn1c(=NC(=O)Cc2ccc(SCC)cc2)sc2cc(S(C)(=O)=O)ccc21. The molecule has 0 unspecified atom stereocenters. The van der Waals surface area contributed by atoms with Crippen LogP contribution in [0.4, 0.5) is 0 Å². The summed E-state index contributed by atoms with van der Waals surface area (Å²) in [6.45, 7) is 2.34. The maximum Gasteiger partial charge on any atom is 0.252 e. The number of thiazole rings is 1. The van der Waals surface area contributed by atoms with Gasteiger partial charge in [-0.05, 0) is 41.6 Å². The number of rotatable bonds is 6. The first kappa shape index (κ1) is 21.4. The first-order valence-corrected chi connectivity index (χ1v) is 12.6. The molecule has 0 saturated carbocycles. The largest absolute Gasteiger partial charge is 0.305 e. The number of amides is 1. The number of benzene rings is 2. The number of carbonyl (C=O) groups is 1. The molecule has 3 rings (SSSR count). The Morgan fingerprint density at radius 1 is 1.24 bits per heavy atom. The summed E-state index contributed by atoms with van der Waals surface area (Å²) in [7, 11) is -3.32. The molecule has 0 radical (unpaired) electrons. The van der Waals surface area contributed by atoms with Gasteiger partial charge in [0.25, 0.3) is 5.91 Å². The Hall–Kier alpha value is -2.34. The summed E-state index contributed by atoms with van der Waals surface area (Å²) in [6, 6.07) is 12.7. The Labute approximate surface area is 178 Å². The maximum atomic E-state index is 12.5. The zero-order chi connectivity index (χ0) is 21.0. The zero-order valence-electron chi connectivity index (χ0n) is 16.1. The van der Waals surface area contributed by atoms with Crippen molar-refractivity contribution in [3.8, 4) is 12.3 Å². The average Bonchev–Trinajstić information content (AvgIpc) is 2.99. The van der Waals surface area contributed by atoms with Crippen LogP contribution in [0.25, 0.3) is 10.2 Å². The van der Waals surface area contributed by atoms with Gasteiger partial charge in [0, 0.05) is 11.2 Å². The molecule has 0 saturated heterocycles. The standard InChI is InChI=1S/C21H20N2O3S3/c1-4-12-23-18-11-10-17(29(3,25)26)14-19(18)28-21(23)22-20(24)13-15-6-8-16(9-7-15)27-5-2/h1,6-11,14H,5,12-13H2,2-3H3. The third-order valence-corrected chi connectivity index (χ3v) is 7.19. The molecule has 1 heterocycles. The molecule has 2 aromatic carbocycles. The van der Waals surface area contributed by atoms with E-state index in [-0.39, 0.29) is 23.8 Å².